The molecule has 0 unspecified atom stereocenters. The van der Waals surface area contributed by atoms with E-state index >= 15 is 0 Å². The predicted octanol–water partition coefficient (Wildman–Crippen LogP) is 3.42. The van der Waals surface area contributed by atoms with Gasteiger partial charge in [0.25, 0.3) is 0 Å². The second-order valence-electron chi connectivity index (χ2n) is 4.67. The maximum absolute atomic E-state index is 11.2. The van der Waals surface area contributed by atoms with Gasteiger partial charge in [-0.15, -0.1) is 11.3 Å². The van der Waals surface area contributed by atoms with Crippen molar-refractivity contribution in [3.05, 3.63) is 39.8 Å². The molecule has 0 amide bonds. The summed E-state index contributed by atoms with van der Waals surface area (Å²) in [5.74, 6) is 0.656. The normalized spacial score (nSPS) is 10.5. The van der Waals surface area contributed by atoms with Crippen LogP contribution in [-0.2, 0) is 12.8 Å². The van der Waals surface area contributed by atoms with Crippen LogP contribution in [0.5, 0.6) is 11.5 Å². The number of nitrogens with zero attached hydrogens (tertiary/aromatic N) is 1. The predicted molar refractivity (Wildman–Crippen MR) is 85.3 cm³/mol. The summed E-state index contributed by atoms with van der Waals surface area (Å²) >= 11 is 1.26. The molecule has 0 aliphatic carbocycles. The number of aromatic nitrogens is 1. The quantitative estimate of drug-likeness (QED) is 0.754. The number of methoxy groups -OCH3 is 1. The highest BCUT2D eigenvalue weighted by Crippen LogP contribution is 2.21. The summed E-state index contributed by atoms with van der Waals surface area (Å²) in [6.07, 6.45) is 2.08. The van der Waals surface area contributed by atoms with Crippen molar-refractivity contribution < 1.29 is 19.4 Å². The number of carbonyl (C=O) groups is 1. The van der Waals surface area contributed by atoms with Gasteiger partial charge in [-0.05, 0) is 43.5 Å². The number of carboxylic acid groups (broad SMARTS) is 1. The first kappa shape index (κ1) is 16.3. The molecule has 0 fully saturated rings. The molecule has 0 saturated carbocycles. The average molecular weight is 321 g/mol. The molecular formula is C16H19NO4S. The summed E-state index contributed by atoms with van der Waals surface area (Å²) in [5, 5.41) is 10.1. The van der Waals surface area contributed by atoms with Gasteiger partial charge in [-0.2, -0.15) is 0 Å². The standard InChI is InChI=1S/C16H19NO4S/c1-3-14-17-13(15(22-14)16(18)19)5-4-10-21-12-8-6-11(20-2)7-9-12/h6-9H,3-5,10H2,1-2H3,(H,18,19). The van der Waals surface area contributed by atoms with Gasteiger partial charge in [-0.25, -0.2) is 9.78 Å². The number of thiazole rings is 1. The molecule has 0 saturated heterocycles. The Morgan fingerprint density at radius 2 is 1.95 bits per heavy atom. The Labute approximate surface area is 133 Å². The van der Waals surface area contributed by atoms with Crippen molar-refractivity contribution in [3.63, 3.8) is 0 Å². The van der Waals surface area contributed by atoms with Crippen LogP contribution in [0.2, 0.25) is 0 Å². The highest BCUT2D eigenvalue weighted by molar-refractivity contribution is 7.13. The Morgan fingerprint density at radius 3 is 2.55 bits per heavy atom. The molecule has 1 N–H and O–H groups in total. The zero-order valence-corrected chi connectivity index (χ0v) is 13.5. The lowest BCUT2D eigenvalue weighted by Crippen LogP contribution is -2.03. The van der Waals surface area contributed by atoms with Crippen LogP contribution in [0.3, 0.4) is 0 Å². The fourth-order valence-corrected chi connectivity index (χ4v) is 2.88. The van der Waals surface area contributed by atoms with Gasteiger partial charge in [0.05, 0.1) is 24.4 Å². The number of aromatic carboxylic acids is 1. The molecule has 0 atom stereocenters. The zero-order valence-electron chi connectivity index (χ0n) is 12.7. The minimum atomic E-state index is -0.900. The zero-order chi connectivity index (χ0) is 15.9. The third-order valence-corrected chi connectivity index (χ3v) is 4.35. The third kappa shape index (κ3) is 4.21. The highest BCUT2D eigenvalue weighted by atomic mass is 32.1. The summed E-state index contributed by atoms with van der Waals surface area (Å²) in [4.78, 5) is 15.9. The molecule has 6 heteroatoms. The molecule has 0 aliphatic heterocycles. The van der Waals surface area contributed by atoms with Crippen LogP contribution in [0.25, 0.3) is 0 Å². The van der Waals surface area contributed by atoms with E-state index in [2.05, 4.69) is 4.98 Å². The van der Waals surface area contributed by atoms with Gasteiger partial charge >= 0.3 is 5.97 Å². The van der Waals surface area contributed by atoms with Crippen LogP contribution < -0.4 is 9.47 Å². The number of benzene rings is 1. The summed E-state index contributed by atoms with van der Waals surface area (Å²) in [6.45, 7) is 2.49. The average Bonchev–Trinajstić information content (AvgIpc) is 2.96. The minimum absolute atomic E-state index is 0.348. The van der Waals surface area contributed by atoms with Crippen molar-refractivity contribution in [2.24, 2.45) is 0 Å². The highest BCUT2D eigenvalue weighted by Gasteiger charge is 2.16. The van der Waals surface area contributed by atoms with Crippen LogP contribution >= 0.6 is 11.3 Å². The van der Waals surface area contributed by atoms with Gasteiger partial charge in [0, 0.05) is 0 Å². The van der Waals surface area contributed by atoms with Crippen molar-refractivity contribution >= 4 is 17.3 Å². The van der Waals surface area contributed by atoms with Crippen molar-refractivity contribution in [1.29, 1.82) is 0 Å². The van der Waals surface area contributed by atoms with E-state index in [1.54, 1.807) is 7.11 Å². The van der Waals surface area contributed by atoms with Crippen LogP contribution in [0.1, 0.15) is 33.7 Å². The monoisotopic (exact) mass is 321 g/mol. The lowest BCUT2D eigenvalue weighted by atomic mass is 10.2. The number of ether oxygens (including phenoxy) is 2. The van der Waals surface area contributed by atoms with Gasteiger partial charge in [0.1, 0.15) is 16.4 Å². The third-order valence-electron chi connectivity index (χ3n) is 3.12. The van der Waals surface area contributed by atoms with Gasteiger partial charge < -0.3 is 14.6 Å². The van der Waals surface area contributed by atoms with Crippen molar-refractivity contribution in [3.8, 4) is 11.5 Å². The topological polar surface area (TPSA) is 68.7 Å². The number of hydrogen-bond acceptors (Lipinski definition) is 5. The second-order valence-corrected chi connectivity index (χ2v) is 5.75. The Balaban J connectivity index is 1.85. The fourth-order valence-electron chi connectivity index (χ4n) is 1.99. The molecule has 2 aromatic rings. The maximum Gasteiger partial charge on any atom is 0.347 e. The van der Waals surface area contributed by atoms with Gasteiger partial charge in [-0.3, -0.25) is 0 Å². The Morgan fingerprint density at radius 1 is 1.27 bits per heavy atom. The molecule has 0 radical (unpaired) electrons. The van der Waals surface area contributed by atoms with Crippen LogP contribution in [0.15, 0.2) is 24.3 Å². The molecule has 22 heavy (non-hydrogen) atoms. The summed E-state index contributed by atoms with van der Waals surface area (Å²) < 4.78 is 10.7. The van der Waals surface area contributed by atoms with Gasteiger partial charge in [-0.1, -0.05) is 6.92 Å². The maximum atomic E-state index is 11.2. The van der Waals surface area contributed by atoms with E-state index in [0.717, 1.165) is 29.3 Å². The molecule has 2 rings (SSSR count). The number of aryl methyl sites for hydroxylation is 2. The van der Waals surface area contributed by atoms with Crippen LogP contribution in [0.4, 0.5) is 0 Å². The molecule has 118 valence electrons. The molecule has 1 aromatic carbocycles. The Bertz CT molecular complexity index is 622. The van der Waals surface area contributed by atoms with Crippen LogP contribution in [-0.4, -0.2) is 29.8 Å². The van der Waals surface area contributed by atoms with E-state index in [9.17, 15) is 9.90 Å². The van der Waals surface area contributed by atoms with E-state index in [4.69, 9.17) is 9.47 Å². The lowest BCUT2D eigenvalue weighted by Gasteiger charge is -2.06. The lowest BCUT2D eigenvalue weighted by molar-refractivity contribution is 0.0700. The van der Waals surface area contributed by atoms with E-state index in [-0.39, 0.29) is 0 Å². The Hall–Kier alpha value is -2.08. The summed E-state index contributed by atoms with van der Waals surface area (Å²) in [6, 6.07) is 7.37. The van der Waals surface area contributed by atoms with E-state index < -0.39 is 5.97 Å². The fraction of sp³-hybridized carbons (Fsp3) is 0.375. The molecule has 1 aromatic heterocycles. The smallest absolute Gasteiger partial charge is 0.347 e. The van der Waals surface area contributed by atoms with Crippen molar-refractivity contribution in [1.82, 2.24) is 4.98 Å². The van der Waals surface area contributed by atoms with Crippen LogP contribution in [0, 0.1) is 0 Å². The summed E-state index contributed by atoms with van der Waals surface area (Å²) in [5.41, 5.74) is 0.660. The number of carboxylic acids is 1. The first-order chi connectivity index (χ1) is 10.6. The van der Waals surface area contributed by atoms with E-state index in [1.165, 1.54) is 11.3 Å². The molecular weight excluding hydrogens is 302 g/mol. The molecule has 1 heterocycles. The first-order valence-electron chi connectivity index (χ1n) is 7.12. The molecule has 5 nitrogen and oxygen atoms in total. The number of hydrogen-bond donors (Lipinski definition) is 1. The minimum Gasteiger partial charge on any atom is -0.497 e. The largest absolute Gasteiger partial charge is 0.497 e. The molecule has 0 bridgehead atoms. The second kappa shape index (κ2) is 7.79. The first-order valence-corrected chi connectivity index (χ1v) is 7.94. The van der Waals surface area contributed by atoms with E-state index in [0.29, 0.717) is 23.6 Å². The number of rotatable bonds is 8. The van der Waals surface area contributed by atoms with Gasteiger partial charge in [0.2, 0.25) is 0 Å². The molecule has 0 spiro atoms. The summed E-state index contributed by atoms with van der Waals surface area (Å²) in [7, 11) is 1.62. The van der Waals surface area contributed by atoms with Crippen molar-refractivity contribution in [2.75, 3.05) is 13.7 Å². The van der Waals surface area contributed by atoms with E-state index in [1.807, 2.05) is 31.2 Å². The SMILES string of the molecule is CCc1nc(CCCOc2ccc(OC)cc2)c(C(=O)O)s1. The Kier molecular flexibility index (Phi) is 5.77. The molecule has 0 aliphatic rings. The van der Waals surface area contributed by atoms with Crippen molar-refractivity contribution in [2.45, 2.75) is 26.2 Å². The van der Waals surface area contributed by atoms with Gasteiger partial charge in [0.15, 0.2) is 0 Å².